The van der Waals surface area contributed by atoms with E-state index in [0.29, 0.717) is 5.41 Å². The zero-order valence-electron chi connectivity index (χ0n) is 22.6. The van der Waals surface area contributed by atoms with Gasteiger partial charge in [0.1, 0.15) is 0 Å². The largest absolute Gasteiger partial charge is 0.0762 e. The van der Waals surface area contributed by atoms with Gasteiger partial charge >= 0.3 is 0 Å². The monoisotopic (exact) mass is 442 g/mol. The first kappa shape index (κ1) is 28.4. The SMILES string of the molecule is CC(C)=C/C(C)=C/C=C/C(C)=C/C=C/C=C(C)/C=C/C=C(C)/C=C/C1=C(C)CCCC1(C)C. The predicted octanol–water partition coefficient (Wildman–Crippen LogP) is 10.5. The van der Waals surface area contributed by atoms with Gasteiger partial charge in [0.25, 0.3) is 0 Å². The van der Waals surface area contributed by atoms with Gasteiger partial charge in [-0.25, -0.2) is 0 Å². The summed E-state index contributed by atoms with van der Waals surface area (Å²) >= 11 is 0. The van der Waals surface area contributed by atoms with E-state index in [1.807, 2.05) is 0 Å². The Labute approximate surface area is 205 Å². The summed E-state index contributed by atoms with van der Waals surface area (Å²) in [6.45, 7) is 19.8. The van der Waals surface area contributed by atoms with E-state index in [-0.39, 0.29) is 0 Å². The van der Waals surface area contributed by atoms with Crippen LogP contribution in [-0.2, 0) is 0 Å². The van der Waals surface area contributed by atoms with E-state index in [1.165, 1.54) is 52.7 Å². The Hall–Kier alpha value is -2.60. The third kappa shape index (κ3) is 12.3. The predicted molar refractivity (Wildman–Crippen MR) is 151 cm³/mol. The molecule has 0 aromatic carbocycles. The lowest BCUT2D eigenvalue weighted by molar-refractivity contribution is 0.377. The second kappa shape index (κ2) is 14.5. The van der Waals surface area contributed by atoms with E-state index in [4.69, 9.17) is 0 Å². The highest BCUT2D eigenvalue weighted by molar-refractivity contribution is 5.37. The first-order valence-electron chi connectivity index (χ1n) is 12.3. The minimum Gasteiger partial charge on any atom is -0.0762 e. The van der Waals surface area contributed by atoms with E-state index in [2.05, 4.69) is 141 Å². The quantitative estimate of drug-likeness (QED) is 0.311. The van der Waals surface area contributed by atoms with Crippen molar-refractivity contribution >= 4 is 0 Å². The molecule has 0 heterocycles. The van der Waals surface area contributed by atoms with Gasteiger partial charge < -0.3 is 0 Å². The second-order valence-corrected chi connectivity index (χ2v) is 10.2. The molecule has 0 fully saturated rings. The maximum Gasteiger partial charge on any atom is -0.0104 e. The third-order valence-electron chi connectivity index (χ3n) is 5.84. The highest BCUT2D eigenvalue weighted by atomic mass is 14.3. The van der Waals surface area contributed by atoms with Crippen LogP contribution in [-0.4, -0.2) is 0 Å². The fourth-order valence-corrected chi connectivity index (χ4v) is 4.01. The molecule has 0 heteroatoms. The molecule has 0 amide bonds. The zero-order chi connectivity index (χ0) is 24.9. The Balaban J connectivity index is 2.65. The lowest BCUT2D eigenvalue weighted by Gasteiger charge is -2.32. The Morgan fingerprint density at radius 1 is 0.667 bits per heavy atom. The second-order valence-electron chi connectivity index (χ2n) is 10.2. The van der Waals surface area contributed by atoms with Crippen molar-refractivity contribution in [2.45, 2.75) is 81.6 Å². The van der Waals surface area contributed by atoms with Crippen molar-refractivity contribution in [1.82, 2.24) is 0 Å². The summed E-state index contributed by atoms with van der Waals surface area (Å²) in [7, 11) is 0. The van der Waals surface area contributed by atoms with E-state index in [0.717, 1.165) is 0 Å². The molecule has 0 saturated heterocycles. The Morgan fingerprint density at radius 3 is 1.67 bits per heavy atom. The molecule has 0 N–H and O–H groups in total. The summed E-state index contributed by atoms with van der Waals surface area (Å²) in [5.41, 5.74) is 9.68. The van der Waals surface area contributed by atoms with Crippen LogP contribution in [0.3, 0.4) is 0 Å². The van der Waals surface area contributed by atoms with Crippen molar-refractivity contribution in [3.05, 3.63) is 118 Å². The number of rotatable bonds is 9. The maximum absolute atomic E-state index is 2.37. The summed E-state index contributed by atoms with van der Waals surface area (Å²) in [5.74, 6) is 0. The molecule has 1 aliphatic carbocycles. The molecule has 0 unspecified atom stereocenters. The van der Waals surface area contributed by atoms with Gasteiger partial charge in [0.05, 0.1) is 0 Å². The number of hydrogen-bond acceptors (Lipinski definition) is 0. The molecule has 33 heavy (non-hydrogen) atoms. The van der Waals surface area contributed by atoms with Crippen LogP contribution in [0.2, 0.25) is 0 Å². The molecule has 0 radical (unpaired) electrons. The van der Waals surface area contributed by atoms with Crippen LogP contribution in [0, 0.1) is 5.41 Å². The Bertz CT molecular complexity index is 950. The topological polar surface area (TPSA) is 0 Å². The smallest absolute Gasteiger partial charge is 0.0104 e. The highest BCUT2D eigenvalue weighted by Gasteiger charge is 2.26. The minimum atomic E-state index is 0.296. The highest BCUT2D eigenvalue weighted by Crippen LogP contribution is 2.40. The fraction of sp³-hybridized carbons (Fsp3) is 0.394. The molecule has 0 bridgehead atoms. The van der Waals surface area contributed by atoms with Gasteiger partial charge in [-0.2, -0.15) is 0 Å². The van der Waals surface area contributed by atoms with Crippen molar-refractivity contribution in [2.75, 3.05) is 0 Å². The van der Waals surface area contributed by atoms with Crippen LogP contribution in [0.5, 0.6) is 0 Å². The molecule has 0 spiro atoms. The van der Waals surface area contributed by atoms with Gasteiger partial charge in [-0.1, -0.05) is 126 Å². The molecule has 0 aromatic heterocycles. The normalized spacial score (nSPS) is 19.1. The zero-order valence-corrected chi connectivity index (χ0v) is 22.6. The first-order valence-corrected chi connectivity index (χ1v) is 12.3. The van der Waals surface area contributed by atoms with Crippen LogP contribution in [0.15, 0.2) is 118 Å². The van der Waals surface area contributed by atoms with Crippen LogP contribution < -0.4 is 0 Å². The fourth-order valence-electron chi connectivity index (χ4n) is 4.01. The van der Waals surface area contributed by atoms with Crippen LogP contribution in [0.1, 0.15) is 81.6 Å². The van der Waals surface area contributed by atoms with E-state index < -0.39 is 0 Å². The van der Waals surface area contributed by atoms with E-state index in [9.17, 15) is 0 Å². The minimum absolute atomic E-state index is 0.296. The van der Waals surface area contributed by atoms with Gasteiger partial charge in [0.15, 0.2) is 0 Å². The number of allylic oxidation sites excluding steroid dienone is 20. The van der Waals surface area contributed by atoms with Gasteiger partial charge in [-0.15, -0.1) is 0 Å². The molecule has 0 atom stereocenters. The van der Waals surface area contributed by atoms with Gasteiger partial charge in [0, 0.05) is 0 Å². The maximum atomic E-state index is 2.37. The first-order chi connectivity index (χ1) is 15.5. The lowest BCUT2D eigenvalue weighted by Crippen LogP contribution is -2.19. The van der Waals surface area contributed by atoms with Crippen molar-refractivity contribution < 1.29 is 0 Å². The molecule has 0 nitrogen and oxygen atoms in total. The third-order valence-corrected chi connectivity index (χ3v) is 5.84. The molecule has 178 valence electrons. The molecule has 0 aromatic rings. The standard InChI is InChI=1S/C33H46/c1-26(2)25-30(6)20-13-18-28(4)16-11-10-15-27(3)17-12-19-29(5)22-23-32-31(7)21-14-24-33(32,8)9/h10-13,15-20,22-23,25H,14,21,24H2,1-9H3/b11-10+,17-12+,18-13+,23-22+,27-15+,28-16+,29-19+,30-20+. The van der Waals surface area contributed by atoms with Gasteiger partial charge in [0.2, 0.25) is 0 Å². The summed E-state index contributed by atoms with van der Waals surface area (Å²) < 4.78 is 0. The average Bonchev–Trinajstić information content (AvgIpc) is 2.69. The Kier molecular flexibility index (Phi) is 12.5. The molecule has 1 rings (SSSR count). The van der Waals surface area contributed by atoms with Crippen LogP contribution >= 0.6 is 0 Å². The van der Waals surface area contributed by atoms with E-state index in [1.54, 1.807) is 5.57 Å². The summed E-state index contributed by atoms with van der Waals surface area (Å²) in [6, 6.07) is 0. The van der Waals surface area contributed by atoms with Crippen molar-refractivity contribution in [3.8, 4) is 0 Å². The van der Waals surface area contributed by atoms with Crippen molar-refractivity contribution in [2.24, 2.45) is 5.41 Å². The Morgan fingerprint density at radius 2 is 1.15 bits per heavy atom. The summed E-state index contributed by atoms with van der Waals surface area (Å²) in [4.78, 5) is 0. The molecular formula is C33H46. The molecular weight excluding hydrogens is 396 g/mol. The van der Waals surface area contributed by atoms with Crippen molar-refractivity contribution in [1.29, 1.82) is 0 Å². The van der Waals surface area contributed by atoms with Crippen LogP contribution in [0.4, 0.5) is 0 Å². The summed E-state index contributed by atoms with van der Waals surface area (Å²) in [6.07, 6.45) is 31.9. The molecule has 1 aliphatic rings. The molecule has 0 aliphatic heterocycles. The van der Waals surface area contributed by atoms with E-state index >= 15 is 0 Å². The van der Waals surface area contributed by atoms with Gasteiger partial charge in [-0.05, 0) is 78.7 Å². The van der Waals surface area contributed by atoms with Crippen molar-refractivity contribution in [3.63, 3.8) is 0 Å². The van der Waals surface area contributed by atoms with Gasteiger partial charge in [-0.3, -0.25) is 0 Å². The molecule has 0 saturated carbocycles. The lowest BCUT2D eigenvalue weighted by atomic mass is 9.72. The number of hydrogen-bond donors (Lipinski definition) is 0. The van der Waals surface area contributed by atoms with Crippen LogP contribution in [0.25, 0.3) is 0 Å². The average molecular weight is 443 g/mol. The summed E-state index contributed by atoms with van der Waals surface area (Å²) in [5, 5.41) is 0.